The zero-order chi connectivity index (χ0) is 13.4. The Morgan fingerprint density at radius 3 is 2.12 bits per heavy atom. The molecule has 0 aliphatic carbocycles. The summed E-state index contributed by atoms with van der Waals surface area (Å²) in [6.07, 6.45) is 12.7. The number of carbonyl (C=O) groups excluding carboxylic acids is 2. The van der Waals surface area contributed by atoms with Gasteiger partial charge in [0.15, 0.2) is 0 Å². The standard InChI is InChI=1S/C8H16O.C7H12O/c1-3-5-6-7-8(9)4-2;1-2-3-4-5-6-7-8/h3-7H2,1-2H3;5-7H,2-4H2,1H3/b;6-5+. The number of unbranched alkanes of at least 4 members (excludes halogenated alkanes) is 4. The zero-order valence-corrected chi connectivity index (χ0v) is 11.7. The fourth-order valence-electron chi connectivity index (χ4n) is 1.22. The van der Waals surface area contributed by atoms with Crippen molar-refractivity contribution in [1.29, 1.82) is 0 Å². The molecule has 0 radical (unpaired) electrons. The molecule has 0 saturated carbocycles. The van der Waals surface area contributed by atoms with Crippen LogP contribution in [0.2, 0.25) is 0 Å². The maximum atomic E-state index is 10.7. The second kappa shape index (κ2) is 17.5. The lowest BCUT2D eigenvalue weighted by Gasteiger charge is -1.93. The number of carbonyl (C=O) groups is 2. The maximum Gasteiger partial charge on any atom is 0.142 e. The Bertz CT molecular complexity index is 195. The summed E-state index contributed by atoms with van der Waals surface area (Å²) < 4.78 is 0. The number of hydrogen-bond acceptors (Lipinski definition) is 2. The van der Waals surface area contributed by atoms with Crippen molar-refractivity contribution >= 4 is 12.1 Å². The van der Waals surface area contributed by atoms with E-state index in [1.54, 1.807) is 6.08 Å². The van der Waals surface area contributed by atoms with Gasteiger partial charge in [-0.25, -0.2) is 0 Å². The number of aldehydes is 1. The molecule has 0 fully saturated rings. The van der Waals surface area contributed by atoms with Crippen LogP contribution in [0.3, 0.4) is 0 Å². The molecule has 0 aromatic rings. The molecule has 17 heavy (non-hydrogen) atoms. The van der Waals surface area contributed by atoms with Crippen molar-refractivity contribution in [3.63, 3.8) is 0 Å². The molecule has 0 aromatic heterocycles. The third-order valence-electron chi connectivity index (χ3n) is 2.39. The lowest BCUT2D eigenvalue weighted by atomic mass is 10.1. The summed E-state index contributed by atoms with van der Waals surface area (Å²) in [6, 6.07) is 0. The van der Waals surface area contributed by atoms with Gasteiger partial charge in [-0.1, -0.05) is 52.5 Å². The Labute approximate surface area is 106 Å². The second-order valence-corrected chi connectivity index (χ2v) is 4.06. The van der Waals surface area contributed by atoms with Crippen molar-refractivity contribution in [2.75, 3.05) is 0 Å². The van der Waals surface area contributed by atoms with E-state index in [9.17, 15) is 9.59 Å². The first-order chi connectivity index (χ1) is 8.22. The largest absolute Gasteiger partial charge is 0.300 e. The lowest BCUT2D eigenvalue weighted by Crippen LogP contribution is -1.93. The zero-order valence-electron chi connectivity index (χ0n) is 11.7. The minimum atomic E-state index is 0.406. The van der Waals surface area contributed by atoms with E-state index in [0.717, 1.165) is 25.5 Å². The Morgan fingerprint density at radius 1 is 1.00 bits per heavy atom. The van der Waals surface area contributed by atoms with Crippen molar-refractivity contribution < 1.29 is 9.59 Å². The molecular weight excluding hydrogens is 212 g/mol. The lowest BCUT2D eigenvalue weighted by molar-refractivity contribution is -0.118. The van der Waals surface area contributed by atoms with E-state index >= 15 is 0 Å². The van der Waals surface area contributed by atoms with Crippen LogP contribution >= 0.6 is 0 Å². The molecule has 2 heteroatoms. The van der Waals surface area contributed by atoms with Crippen LogP contribution in [0.15, 0.2) is 12.2 Å². The Hall–Kier alpha value is -0.920. The van der Waals surface area contributed by atoms with Gasteiger partial charge >= 0.3 is 0 Å². The number of allylic oxidation sites excluding steroid dienone is 2. The number of rotatable bonds is 9. The van der Waals surface area contributed by atoms with E-state index in [2.05, 4.69) is 13.8 Å². The molecule has 0 atom stereocenters. The van der Waals surface area contributed by atoms with Gasteiger partial charge in [-0.05, 0) is 18.9 Å². The van der Waals surface area contributed by atoms with E-state index in [4.69, 9.17) is 0 Å². The molecule has 0 amide bonds. The fraction of sp³-hybridized carbons (Fsp3) is 0.733. The fourth-order valence-corrected chi connectivity index (χ4v) is 1.22. The third-order valence-corrected chi connectivity index (χ3v) is 2.39. The third kappa shape index (κ3) is 21.0. The van der Waals surface area contributed by atoms with Crippen molar-refractivity contribution in [2.45, 2.75) is 72.1 Å². The molecule has 100 valence electrons. The highest BCUT2D eigenvalue weighted by atomic mass is 16.1. The SMILES string of the molecule is CCCC/C=C/C=O.CCCCCC(=O)CC. The molecule has 0 bridgehead atoms. The van der Waals surface area contributed by atoms with E-state index in [-0.39, 0.29) is 0 Å². The van der Waals surface area contributed by atoms with Crippen LogP contribution in [-0.4, -0.2) is 12.1 Å². The molecule has 0 aliphatic heterocycles. The van der Waals surface area contributed by atoms with Gasteiger partial charge in [-0.2, -0.15) is 0 Å². The summed E-state index contributed by atoms with van der Waals surface area (Å²) in [5.41, 5.74) is 0. The van der Waals surface area contributed by atoms with Crippen LogP contribution in [0.4, 0.5) is 0 Å². The normalized spacial score (nSPS) is 9.82. The van der Waals surface area contributed by atoms with Crippen molar-refractivity contribution in [3.8, 4) is 0 Å². The van der Waals surface area contributed by atoms with Gasteiger partial charge < -0.3 is 0 Å². The van der Waals surface area contributed by atoms with Gasteiger partial charge in [-0.15, -0.1) is 0 Å². The minimum absolute atomic E-state index is 0.406. The molecule has 0 rings (SSSR count). The summed E-state index contributed by atoms with van der Waals surface area (Å²) in [6.45, 7) is 6.21. The Morgan fingerprint density at radius 2 is 1.65 bits per heavy atom. The molecule has 0 unspecified atom stereocenters. The van der Waals surface area contributed by atoms with Gasteiger partial charge in [0, 0.05) is 12.8 Å². The summed E-state index contributed by atoms with van der Waals surface area (Å²) in [7, 11) is 0. The molecule has 0 aromatic carbocycles. The molecule has 0 heterocycles. The first-order valence-electron chi connectivity index (χ1n) is 6.84. The first-order valence-corrected chi connectivity index (χ1v) is 6.84. The van der Waals surface area contributed by atoms with Crippen molar-refractivity contribution in [3.05, 3.63) is 12.2 Å². The van der Waals surface area contributed by atoms with Crippen LogP contribution in [0.5, 0.6) is 0 Å². The van der Waals surface area contributed by atoms with Crippen LogP contribution in [0, 0.1) is 0 Å². The van der Waals surface area contributed by atoms with Gasteiger partial charge in [0.1, 0.15) is 12.1 Å². The summed E-state index contributed by atoms with van der Waals surface area (Å²) in [4.78, 5) is 20.4. The summed E-state index contributed by atoms with van der Waals surface area (Å²) in [5.74, 6) is 0.406. The van der Waals surface area contributed by atoms with Crippen molar-refractivity contribution in [2.24, 2.45) is 0 Å². The average molecular weight is 240 g/mol. The predicted octanol–water partition coefficient (Wildman–Crippen LogP) is 4.48. The van der Waals surface area contributed by atoms with Crippen LogP contribution < -0.4 is 0 Å². The van der Waals surface area contributed by atoms with E-state index in [1.807, 2.05) is 13.0 Å². The van der Waals surface area contributed by atoms with Gasteiger partial charge in [0.2, 0.25) is 0 Å². The maximum absolute atomic E-state index is 10.7. The molecule has 2 nitrogen and oxygen atoms in total. The van der Waals surface area contributed by atoms with Crippen LogP contribution in [0.25, 0.3) is 0 Å². The van der Waals surface area contributed by atoms with Gasteiger partial charge in [0.25, 0.3) is 0 Å². The molecule has 0 N–H and O–H groups in total. The number of Topliss-reactive ketones (excluding diaryl/α,β-unsaturated/α-hetero) is 1. The van der Waals surface area contributed by atoms with E-state index < -0.39 is 0 Å². The highest BCUT2D eigenvalue weighted by Crippen LogP contribution is 2.00. The van der Waals surface area contributed by atoms with Crippen LogP contribution in [-0.2, 0) is 9.59 Å². The second-order valence-electron chi connectivity index (χ2n) is 4.06. The number of ketones is 1. The predicted molar refractivity (Wildman–Crippen MR) is 74.2 cm³/mol. The highest BCUT2D eigenvalue weighted by molar-refractivity contribution is 5.77. The van der Waals surface area contributed by atoms with Gasteiger partial charge in [-0.3, -0.25) is 9.59 Å². The minimum Gasteiger partial charge on any atom is -0.300 e. The monoisotopic (exact) mass is 240 g/mol. The van der Waals surface area contributed by atoms with E-state index in [0.29, 0.717) is 12.2 Å². The summed E-state index contributed by atoms with van der Waals surface area (Å²) in [5, 5.41) is 0. The highest BCUT2D eigenvalue weighted by Gasteiger charge is 1.95. The number of hydrogen-bond donors (Lipinski definition) is 0. The average Bonchev–Trinajstić information content (AvgIpc) is 2.35. The quantitative estimate of drug-likeness (QED) is 0.338. The topological polar surface area (TPSA) is 34.1 Å². The molecule has 0 aliphatic rings. The Balaban J connectivity index is 0. The van der Waals surface area contributed by atoms with E-state index in [1.165, 1.54) is 25.7 Å². The summed E-state index contributed by atoms with van der Waals surface area (Å²) >= 11 is 0. The molecule has 0 saturated heterocycles. The first kappa shape index (κ1) is 18.4. The smallest absolute Gasteiger partial charge is 0.142 e. The molecule has 0 spiro atoms. The molecular formula is C15H28O2. The van der Waals surface area contributed by atoms with Crippen molar-refractivity contribution in [1.82, 2.24) is 0 Å². The Kier molecular flexibility index (Phi) is 19.0. The van der Waals surface area contributed by atoms with Gasteiger partial charge in [0.05, 0.1) is 0 Å². The van der Waals surface area contributed by atoms with Crippen LogP contribution in [0.1, 0.15) is 72.1 Å².